The van der Waals surface area contributed by atoms with Gasteiger partial charge in [-0.1, -0.05) is 60.7 Å². The third-order valence-corrected chi connectivity index (χ3v) is 5.99. The highest BCUT2D eigenvalue weighted by Crippen LogP contribution is 2.36. The third kappa shape index (κ3) is 3.39. The second-order valence-electron chi connectivity index (χ2n) is 7.53. The van der Waals surface area contributed by atoms with Crippen LogP contribution in [0.5, 0.6) is 0 Å². The van der Waals surface area contributed by atoms with Crippen molar-refractivity contribution in [2.75, 3.05) is 26.2 Å². The predicted molar refractivity (Wildman–Crippen MR) is 103 cm³/mol. The number of hydrogen-bond acceptors (Lipinski definition) is 4. The van der Waals surface area contributed by atoms with E-state index in [0.717, 1.165) is 39.0 Å². The summed E-state index contributed by atoms with van der Waals surface area (Å²) in [5.41, 5.74) is 8.97. The summed E-state index contributed by atoms with van der Waals surface area (Å²) in [6, 6.07) is 24.0. The van der Waals surface area contributed by atoms with E-state index in [1.807, 2.05) is 18.2 Å². The Labute approximate surface area is 155 Å². The molecular weight excluding hydrogens is 320 g/mol. The zero-order chi connectivity index (χ0) is 17.8. The van der Waals surface area contributed by atoms with Crippen LogP contribution >= 0.6 is 0 Å². The second-order valence-corrected chi connectivity index (χ2v) is 7.53. The fraction of sp³-hybridized carbons (Fsp3) is 0.409. The average molecular weight is 346 g/mol. The van der Waals surface area contributed by atoms with Gasteiger partial charge in [-0.3, -0.25) is 5.43 Å². The topological polar surface area (TPSA) is 51.1 Å². The van der Waals surface area contributed by atoms with Crippen LogP contribution < -0.4 is 10.9 Å². The molecule has 2 saturated heterocycles. The first kappa shape index (κ1) is 17.2. The average Bonchev–Trinajstić information content (AvgIpc) is 3.18. The van der Waals surface area contributed by atoms with Crippen LogP contribution in [0.1, 0.15) is 30.0 Å². The van der Waals surface area contributed by atoms with Gasteiger partial charge in [-0.2, -0.15) is 5.26 Å². The monoisotopic (exact) mass is 346 g/mol. The van der Waals surface area contributed by atoms with Gasteiger partial charge in [-0.25, -0.2) is 5.43 Å². The Hall–Kier alpha value is -2.19. The van der Waals surface area contributed by atoms with E-state index in [4.69, 9.17) is 0 Å². The number of nitrogens with one attached hydrogen (secondary N) is 2. The Bertz CT molecular complexity index is 745. The molecule has 4 nitrogen and oxygen atoms in total. The Morgan fingerprint density at radius 3 is 2.31 bits per heavy atom. The van der Waals surface area contributed by atoms with Gasteiger partial charge in [0.2, 0.25) is 0 Å². The SMILES string of the molecule is N#CC1(c2ccccc2)CCN(CC2CNNC2c2ccccc2)CC1. The molecule has 0 spiro atoms. The van der Waals surface area contributed by atoms with Crippen molar-refractivity contribution in [3.63, 3.8) is 0 Å². The van der Waals surface area contributed by atoms with Gasteiger partial charge in [-0.15, -0.1) is 0 Å². The van der Waals surface area contributed by atoms with Crippen molar-refractivity contribution < 1.29 is 0 Å². The van der Waals surface area contributed by atoms with E-state index in [2.05, 4.69) is 64.3 Å². The molecule has 0 aliphatic carbocycles. The van der Waals surface area contributed by atoms with E-state index in [1.54, 1.807) is 0 Å². The highest BCUT2D eigenvalue weighted by Gasteiger charge is 2.38. The number of benzene rings is 2. The van der Waals surface area contributed by atoms with Gasteiger partial charge < -0.3 is 4.90 Å². The van der Waals surface area contributed by atoms with Crippen LogP contribution in [0.2, 0.25) is 0 Å². The van der Waals surface area contributed by atoms with Crippen molar-refractivity contribution in [3.8, 4) is 6.07 Å². The number of likely N-dealkylation sites (tertiary alicyclic amines) is 1. The van der Waals surface area contributed by atoms with Crippen LogP contribution in [-0.4, -0.2) is 31.1 Å². The lowest BCUT2D eigenvalue weighted by atomic mass is 9.74. The van der Waals surface area contributed by atoms with Crippen molar-refractivity contribution in [3.05, 3.63) is 71.8 Å². The normalized spacial score (nSPS) is 25.7. The van der Waals surface area contributed by atoms with E-state index in [1.165, 1.54) is 11.1 Å². The van der Waals surface area contributed by atoms with E-state index in [0.29, 0.717) is 12.0 Å². The minimum atomic E-state index is -0.317. The first-order valence-corrected chi connectivity index (χ1v) is 9.53. The number of rotatable bonds is 4. The van der Waals surface area contributed by atoms with Crippen LogP contribution in [0.4, 0.5) is 0 Å². The molecule has 2 aromatic carbocycles. The zero-order valence-corrected chi connectivity index (χ0v) is 15.1. The molecule has 2 N–H and O–H groups in total. The maximum Gasteiger partial charge on any atom is 0.0846 e. The molecule has 0 saturated carbocycles. The van der Waals surface area contributed by atoms with Gasteiger partial charge >= 0.3 is 0 Å². The lowest BCUT2D eigenvalue weighted by molar-refractivity contribution is 0.159. The molecule has 0 amide bonds. The van der Waals surface area contributed by atoms with Crippen molar-refractivity contribution in [2.24, 2.45) is 5.92 Å². The summed E-state index contributed by atoms with van der Waals surface area (Å²) in [6.07, 6.45) is 1.83. The summed E-state index contributed by atoms with van der Waals surface area (Å²) in [5.74, 6) is 0.545. The highest BCUT2D eigenvalue weighted by molar-refractivity contribution is 5.33. The molecular formula is C22H26N4. The summed E-state index contributed by atoms with van der Waals surface area (Å²) in [5, 5.41) is 9.87. The lowest BCUT2D eigenvalue weighted by Gasteiger charge is -2.39. The van der Waals surface area contributed by atoms with Gasteiger partial charge in [-0.05, 0) is 37.1 Å². The molecule has 0 radical (unpaired) electrons. The molecule has 26 heavy (non-hydrogen) atoms. The van der Waals surface area contributed by atoms with Crippen molar-refractivity contribution in [1.82, 2.24) is 15.8 Å². The number of hydrogen-bond donors (Lipinski definition) is 2. The summed E-state index contributed by atoms with van der Waals surface area (Å²) in [4.78, 5) is 2.54. The third-order valence-electron chi connectivity index (χ3n) is 5.99. The molecule has 2 heterocycles. The number of nitrogens with zero attached hydrogens (tertiary/aromatic N) is 2. The Morgan fingerprint density at radius 1 is 1.00 bits per heavy atom. The number of hydrazine groups is 1. The van der Waals surface area contributed by atoms with E-state index >= 15 is 0 Å². The molecule has 2 unspecified atom stereocenters. The van der Waals surface area contributed by atoms with E-state index in [9.17, 15) is 5.26 Å². The minimum absolute atomic E-state index is 0.317. The Kier molecular flexibility index (Phi) is 5.03. The fourth-order valence-electron chi connectivity index (χ4n) is 4.39. The molecule has 2 aliphatic rings. The Balaban J connectivity index is 1.40. The minimum Gasteiger partial charge on any atom is -0.303 e. The van der Waals surface area contributed by atoms with Gasteiger partial charge in [0.15, 0.2) is 0 Å². The predicted octanol–water partition coefficient (Wildman–Crippen LogP) is 3.01. The summed E-state index contributed by atoms with van der Waals surface area (Å²) >= 11 is 0. The molecule has 2 atom stereocenters. The molecule has 0 aromatic heterocycles. The Morgan fingerprint density at radius 2 is 1.65 bits per heavy atom. The lowest BCUT2D eigenvalue weighted by Crippen LogP contribution is -2.44. The molecule has 134 valence electrons. The molecule has 4 heteroatoms. The zero-order valence-electron chi connectivity index (χ0n) is 15.1. The van der Waals surface area contributed by atoms with Gasteiger partial charge in [0.05, 0.1) is 17.5 Å². The molecule has 2 fully saturated rings. The largest absolute Gasteiger partial charge is 0.303 e. The van der Waals surface area contributed by atoms with Crippen molar-refractivity contribution in [2.45, 2.75) is 24.3 Å². The van der Waals surface area contributed by atoms with Crippen LogP contribution in [0.25, 0.3) is 0 Å². The molecule has 2 aromatic rings. The molecule has 2 aliphatic heterocycles. The van der Waals surface area contributed by atoms with Crippen LogP contribution in [-0.2, 0) is 5.41 Å². The first-order chi connectivity index (χ1) is 12.8. The quantitative estimate of drug-likeness (QED) is 0.894. The maximum absolute atomic E-state index is 9.87. The van der Waals surface area contributed by atoms with Crippen LogP contribution in [0.15, 0.2) is 60.7 Å². The van der Waals surface area contributed by atoms with Crippen LogP contribution in [0, 0.1) is 17.2 Å². The number of piperidine rings is 1. The number of nitriles is 1. The highest BCUT2D eigenvalue weighted by atomic mass is 15.4. The molecule has 4 rings (SSSR count). The fourth-order valence-corrected chi connectivity index (χ4v) is 4.39. The first-order valence-electron chi connectivity index (χ1n) is 9.53. The summed E-state index contributed by atoms with van der Waals surface area (Å²) < 4.78 is 0. The molecule has 0 bridgehead atoms. The summed E-state index contributed by atoms with van der Waals surface area (Å²) in [7, 11) is 0. The van der Waals surface area contributed by atoms with Crippen molar-refractivity contribution >= 4 is 0 Å². The van der Waals surface area contributed by atoms with Gasteiger partial charge in [0, 0.05) is 19.0 Å². The second kappa shape index (κ2) is 7.59. The van der Waals surface area contributed by atoms with E-state index in [-0.39, 0.29) is 5.41 Å². The smallest absolute Gasteiger partial charge is 0.0846 e. The van der Waals surface area contributed by atoms with Crippen molar-refractivity contribution in [1.29, 1.82) is 5.26 Å². The summed E-state index contributed by atoms with van der Waals surface area (Å²) in [6.45, 7) is 4.02. The standard InChI is InChI=1S/C22H26N4/c23-17-22(20-9-5-2-6-10-20)11-13-26(14-12-22)16-19-15-24-25-21(19)18-7-3-1-4-8-18/h1-10,19,21,24-25H,11-16H2. The van der Waals surface area contributed by atoms with Gasteiger partial charge in [0.25, 0.3) is 0 Å². The van der Waals surface area contributed by atoms with E-state index < -0.39 is 0 Å². The maximum atomic E-state index is 9.87. The van der Waals surface area contributed by atoms with Gasteiger partial charge in [0.1, 0.15) is 0 Å². The van der Waals surface area contributed by atoms with Crippen LogP contribution in [0.3, 0.4) is 0 Å².